The van der Waals surface area contributed by atoms with Crippen LogP contribution >= 0.6 is 0 Å². The minimum atomic E-state index is 0.159. The van der Waals surface area contributed by atoms with Crippen molar-refractivity contribution in [2.45, 2.75) is 71.5 Å². The van der Waals surface area contributed by atoms with E-state index in [0.717, 1.165) is 6.42 Å². The molecular formula is C22H31N3O2. The molecule has 0 aromatic carbocycles. The van der Waals surface area contributed by atoms with Crippen LogP contribution in [0.2, 0.25) is 0 Å². The maximum absolute atomic E-state index is 12.1. The molecule has 0 radical (unpaired) electrons. The Morgan fingerprint density at radius 2 is 2.11 bits per heavy atom. The van der Waals surface area contributed by atoms with Crippen molar-refractivity contribution in [3.05, 3.63) is 22.1 Å². The van der Waals surface area contributed by atoms with Gasteiger partial charge in [0.05, 0.1) is 6.10 Å². The number of rotatable bonds is 3. The largest absolute Gasteiger partial charge is 0.365 e. The summed E-state index contributed by atoms with van der Waals surface area (Å²) in [5, 5.41) is 3.88. The smallest absolute Gasteiger partial charge is 0.155 e. The Labute approximate surface area is 161 Å². The molecule has 1 aliphatic heterocycles. The second kappa shape index (κ2) is 5.84. The average molecular weight is 370 g/mol. The van der Waals surface area contributed by atoms with Crippen molar-refractivity contribution in [2.75, 3.05) is 6.54 Å². The van der Waals surface area contributed by atoms with E-state index in [1.807, 2.05) is 6.08 Å². The Morgan fingerprint density at radius 3 is 2.89 bits per heavy atom. The van der Waals surface area contributed by atoms with Crippen molar-refractivity contribution in [3.63, 3.8) is 0 Å². The monoisotopic (exact) mass is 369 g/mol. The van der Waals surface area contributed by atoms with E-state index in [9.17, 15) is 4.79 Å². The van der Waals surface area contributed by atoms with Crippen LogP contribution in [-0.4, -0.2) is 24.5 Å². The molecule has 3 saturated carbocycles. The van der Waals surface area contributed by atoms with Crippen LogP contribution in [0.1, 0.15) is 59.3 Å². The lowest BCUT2D eigenvalue weighted by atomic mass is 9.46. The molecule has 27 heavy (non-hydrogen) atoms. The molecule has 1 saturated heterocycles. The quantitative estimate of drug-likeness (QED) is 0.301. The highest BCUT2D eigenvalue weighted by atomic mass is 16.6. The summed E-state index contributed by atoms with van der Waals surface area (Å²) in [6.45, 7) is 7.81. The number of hydrogen-bond acceptors (Lipinski definition) is 3. The summed E-state index contributed by atoms with van der Waals surface area (Å²) in [4.78, 5) is 15.0. The number of epoxide rings is 1. The predicted octanol–water partition coefficient (Wildman–Crippen LogP) is 5.07. The van der Waals surface area contributed by atoms with Gasteiger partial charge in [0, 0.05) is 17.9 Å². The number of carbonyl (C=O) groups is 1. The third-order valence-corrected chi connectivity index (χ3v) is 9.42. The zero-order valence-electron chi connectivity index (χ0n) is 16.7. The maximum Gasteiger partial charge on any atom is 0.155 e. The Kier molecular flexibility index (Phi) is 3.84. The molecule has 9 atom stereocenters. The van der Waals surface area contributed by atoms with E-state index in [1.54, 1.807) is 0 Å². The molecule has 0 N–H and O–H groups in total. The lowest BCUT2D eigenvalue weighted by Crippen LogP contribution is -2.53. The summed E-state index contributed by atoms with van der Waals surface area (Å²) in [6.07, 6.45) is 9.25. The first kappa shape index (κ1) is 17.8. The molecule has 0 amide bonds. The van der Waals surface area contributed by atoms with Crippen molar-refractivity contribution in [3.8, 4) is 0 Å². The summed E-state index contributed by atoms with van der Waals surface area (Å²) < 4.78 is 6.26. The highest BCUT2D eigenvalue weighted by molar-refractivity contribution is 5.92. The molecule has 5 heteroatoms. The van der Waals surface area contributed by atoms with Crippen molar-refractivity contribution < 1.29 is 9.53 Å². The summed E-state index contributed by atoms with van der Waals surface area (Å²) >= 11 is 0. The lowest BCUT2D eigenvalue weighted by molar-refractivity contribution is -0.117. The Balaban J connectivity index is 1.46. The normalized spacial score (nSPS) is 51.1. The molecular weight excluding hydrogens is 338 g/mol. The second-order valence-electron chi connectivity index (χ2n) is 10.4. The van der Waals surface area contributed by atoms with Crippen molar-refractivity contribution >= 4 is 5.78 Å². The molecule has 0 bridgehead atoms. The number of hydrogen-bond donors (Lipinski definition) is 0. The minimum absolute atomic E-state index is 0.159. The molecule has 1 heterocycles. The van der Waals surface area contributed by atoms with Gasteiger partial charge in [-0.3, -0.25) is 4.79 Å². The van der Waals surface area contributed by atoms with Gasteiger partial charge in [0.15, 0.2) is 5.78 Å². The third-order valence-electron chi connectivity index (χ3n) is 9.42. The first-order valence-corrected chi connectivity index (χ1v) is 10.8. The summed E-state index contributed by atoms with van der Waals surface area (Å²) in [6, 6.07) is 0. The highest BCUT2D eigenvalue weighted by Crippen LogP contribution is 2.70. The van der Waals surface area contributed by atoms with Crippen LogP contribution in [0, 0.1) is 40.4 Å². The fraction of sp³-hybridized carbons (Fsp3) is 0.864. The van der Waals surface area contributed by atoms with Crippen molar-refractivity contribution in [1.82, 2.24) is 0 Å². The zero-order valence-corrected chi connectivity index (χ0v) is 16.7. The van der Waals surface area contributed by atoms with Crippen molar-refractivity contribution in [1.29, 1.82) is 0 Å². The maximum atomic E-state index is 12.1. The number of azide groups is 1. The summed E-state index contributed by atoms with van der Waals surface area (Å²) in [5.74, 6) is 3.39. The van der Waals surface area contributed by atoms with Gasteiger partial charge in [0.1, 0.15) is 6.10 Å². The standard InChI is InChI=1S/C22H31N3O2/c1-12(11-24-25-23)14-4-5-15-18-16(7-9-21(14,15)2)22(3)8-6-13(26)10-17(22)19-20(18)27-19/h10,12,14-16,18-20H,4-9,11H2,1-3H3/t12-,14-,15+,16+,18+,19+,20-,21-,22-/m1/s1. The van der Waals surface area contributed by atoms with Crippen LogP contribution in [0.25, 0.3) is 10.4 Å². The van der Waals surface area contributed by atoms with Gasteiger partial charge in [0.25, 0.3) is 0 Å². The number of fused-ring (bicyclic) bond motifs is 8. The SMILES string of the molecule is C[C@H](CN=[N+]=[N-])[C@H]1CC[C@H]2[C@@H]3[C@H]4O[C@H]4C4=CC(=O)CC[C@]4(C)[C@H]3CC[C@]12C. The Hall–Kier alpha value is -1.32. The van der Waals surface area contributed by atoms with E-state index in [-0.39, 0.29) is 11.5 Å². The third kappa shape index (κ3) is 2.34. The molecule has 5 rings (SSSR count). The fourth-order valence-corrected chi connectivity index (χ4v) is 8.08. The lowest BCUT2D eigenvalue weighted by Gasteiger charge is -2.57. The molecule has 4 aliphatic carbocycles. The topological polar surface area (TPSA) is 78.4 Å². The van der Waals surface area contributed by atoms with E-state index in [2.05, 4.69) is 30.8 Å². The van der Waals surface area contributed by atoms with Crippen LogP contribution in [0.5, 0.6) is 0 Å². The van der Waals surface area contributed by atoms with Crippen LogP contribution < -0.4 is 0 Å². The molecule has 0 unspecified atom stereocenters. The minimum Gasteiger partial charge on any atom is -0.365 e. The zero-order chi connectivity index (χ0) is 19.0. The van der Waals surface area contributed by atoms with Gasteiger partial charge in [-0.1, -0.05) is 25.9 Å². The van der Waals surface area contributed by atoms with Crippen LogP contribution in [0.15, 0.2) is 16.8 Å². The Morgan fingerprint density at radius 1 is 1.30 bits per heavy atom. The number of nitrogens with zero attached hydrogens (tertiary/aromatic N) is 3. The van der Waals surface area contributed by atoms with E-state index >= 15 is 0 Å². The van der Waals surface area contributed by atoms with E-state index in [0.29, 0.717) is 59.9 Å². The summed E-state index contributed by atoms with van der Waals surface area (Å²) in [7, 11) is 0. The molecule has 146 valence electrons. The van der Waals surface area contributed by atoms with Gasteiger partial charge in [0.2, 0.25) is 0 Å². The summed E-state index contributed by atoms with van der Waals surface area (Å²) in [5.41, 5.74) is 10.5. The van der Waals surface area contributed by atoms with E-state index in [4.69, 9.17) is 10.3 Å². The van der Waals surface area contributed by atoms with Crippen LogP contribution in [0.4, 0.5) is 0 Å². The van der Waals surface area contributed by atoms with Gasteiger partial charge < -0.3 is 4.74 Å². The van der Waals surface area contributed by atoms with Gasteiger partial charge in [-0.05, 0) is 89.7 Å². The first-order chi connectivity index (χ1) is 12.9. The first-order valence-electron chi connectivity index (χ1n) is 10.8. The number of ketones is 1. The fourth-order valence-electron chi connectivity index (χ4n) is 8.08. The second-order valence-corrected chi connectivity index (χ2v) is 10.4. The molecule has 5 nitrogen and oxygen atoms in total. The molecule has 4 fully saturated rings. The van der Waals surface area contributed by atoms with Crippen LogP contribution in [-0.2, 0) is 9.53 Å². The predicted molar refractivity (Wildman–Crippen MR) is 103 cm³/mol. The van der Waals surface area contributed by atoms with Crippen LogP contribution in [0.3, 0.4) is 0 Å². The molecule has 5 aliphatic rings. The van der Waals surface area contributed by atoms with Gasteiger partial charge >= 0.3 is 0 Å². The average Bonchev–Trinajstić information content (AvgIpc) is 3.35. The molecule has 0 aromatic rings. The molecule has 0 aromatic heterocycles. The highest BCUT2D eigenvalue weighted by Gasteiger charge is 2.69. The van der Waals surface area contributed by atoms with E-state index in [1.165, 1.54) is 31.3 Å². The number of ether oxygens (including phenoxy) is 1. The van der Waals surface area contributed by atoms with Gasteiger partial charge in [-0.25, -0.2) is 0 Å². The van der Waals surface area contributed by atoms with Gasteiger partial charge in [-0.2, -0.15) is 0 Å². The molecule has 0 spiro atoms. The van der Waals surface area contributed by atoms with Crippen molar-refractivity contribution in [2.24, 2.45) is 45.5 Å². The number of carbonyl (C=O) groups excluding carboxylic acids is 1. The Bertz CT molecular complexity index is 757. The van der Waals surface area contributed by atoms with Gasteiger partial charge in [-0.15, -0.1) is 0 Å². The van der Waals surface area contributed by atoms with E-state index < -0.39 is 0 Å².